The number of H-pyrrole nitrogens is 1. The van der Waals surface area contributed by atoms with Crippen molar-refractivity contribution < 1.29 is 21.3 Å². The van der Waals surface area contributed by atoms with Crippen LogP contribution in [0.5, 0.6) is 0 Å². The smallest absolute Gasteiger partial charge is 0.292 e. The summed E-state index contributed by atoms with van der Waals surface area (Å²) in [5.41, 5.74) is 12.4. The summed E-state index contributed by atoms with van der Waals surface area (Å²) < 4.78 is 56.0. The van der Waals surface area contributed by atoms with Gasteiger partial charge in [0.25, 0.3) is 6.01 Å². The molecule has 0 aliphatic heterocycles. The maximum absolute atomic E-state index is 12.7. The first-order chi connectivity index (χ1) is 14.6. The van der Waals surface area contributed by atoms with Gasteiger partial charge >= 0.3 is 0 Å². The lowest BCUT2D eigenvalue weighted by molar-refractivity contribution is 0.583. The minimum absolute atomic E-state index is 0.0426. The van der Waals surface area contributed by atoms with Crippen LogP contribution in [-0.2, 0) is 19.9 Å². The number of aromatic nitrogens is 5. The first kappa shape index (κ1) is 20.9. The van der Waals surface area contributed by atoms with E-state index >= 15 is 0 Å². The molecule has 4 rings (SSSR count). The van der Waals surface area contributed by atoms with E-state index in [1.54, 1.807) is 18.2 Å². The van der Waals surface area contributed by atoms with Crippen LogP contribution in [-0.4, -0.2) is 54.7 Å². The number of benzene rings is 2. The van der Waals surface area contributed by atoms with Crippen LogP contribution in [0.4, 0.5) is 6.01 Å². The number of tetrazole rings is 1. The molecular weight excluding hydrogens is 448 g/mol. The van der Waals surface area contributed by atoms with Crippen molar-refractivity contribution in [2.45, 2.75) is 9.79 Å². The van der Waals surface area contributed by atoms with Gasteiger partial charge in [-0.15, -0.1) is 10.2 Å². The molecule has 0 spiro atoms. The highest BCUT2D eigenvalue weighted by atomic mass is 32.2. The van der Waals surface area contributed by atoms with Crippen molar-refractivity contribution in [2.24, 2.45) is 10.9 Å². The molecule has 31 heavy (non-hydrogen) atoms. The Morgan fingerprint density at radius 3 is 2.52 bits per heavy atom. The number of rotatable bonds is 6. The normalized spacial score (nSPS) is 12.5. The Bertz CT molecular complexity index is 1490. The van der Waals surface area contributed by atoms with Crippen molar-refractivity contribution in [1.29, 1.82) is 0 Å². The van der Waals surface area contributed by atoms with E-state index in [0.717, 1.165) is 6.07 Å². The molecule has 0 amide bonds. The number of sulfonamides is 1. The summed E-state index contributed by atoms with van der Waals surface area (Å²) in [5.74, 6) is -0.648. The zero-order valence-electron chi connectivity index (χ0n) is 15.7. The fourth-order valence-corrected chi connectivity index (χ4v) is 5.95. The average molecular weight is 464 g/mol. The predicted octanol–water partition coefficient (Wildman–Crippen LogP) is -0.363. The van der Waals surface area contributed by atoms with Gasteiger partial charge in [0.15, 0.2) is 15.4 Å². The molecular formula is C16H16N8O5S2. The monoisotopic (exact) mass is 464 g/mol. The molecule has 0 aliphatic carbocycles. The number of primary sulfonamides is 1. The van der Waals surface area contributed by atoms with E-state index in [1.807, 2.05) is 0 Å². The van der Waals surface area contributed by atoms with Gasteiger partial charge in [0.2, 0.25) is 15.8 Å². The number of anilines is 1. The zero-order valence-corrected chi connectivity index (χ0v) is 17.3. The number of nitrogens with zero attached hydrogens (tertiary/aromatic N) is 4. The molecule has 2 heterocycles. The fourth-order valence-electron chi connectivity index (χ4n) is 3.20. The van der Waals surface area contributed by atoms with Gasteiger partial charge in [-0.25, -0.2) is 22.0 Å². The minimum atomic E-state index is -4.56. The number of nitrogen functional groups attached to an aromatic ring is 1. The minimum Gasteiger partial charge on any atom is -0.424 e. The molecule has 4 aromatic rings. The highest BCUT2D eigenvalue weighted by Crippen LogP contribution is 2.39. The largest absolute Gasteiger partial charge is 0.424 e. The van der Waals surface area contributed by atoms with Gasteiger partial charge < -0.3 is 15.9 Å². The van der Waals surface area contributed by atoms with Crippen LogP contribution in [0.3, 0.4) is 0 Å². The van der Waals surface area contributed by atoms with Crippen molar-refractivity contribution in [3.05, 3.63) is 30.3 Å². The molecule has 7 N–H and O–H groups in total. The summed E-state index contributed by atoms with van der Waals surface area (Å²) >= 11 is 0. The molecule has 0 bridgehead atoms. The van der Waals surface area contributed by atoms with Gasteiger partial charge in [-0.05, 0) is 34.5 Å². The first-order valence-corrected chi connectivity index (χ1v) is 11.8. The number of oxazole rings is 1. The Balaban J connectivity index is 2.11. The van der Waals surface area contributed by atoms with Crippen LogP contribution >= 0.6 is 0 Å². The lowest BCUT2D eigenvalue weighted by Crippen LogP contribution is -2.22. The van der Waals surface area contributed by atoms with Gasteiger partial charge in [-0.1, -0.05) is 12.1 Å². The predicted molar refractivity (Wildman–Crippen MR) is 110 cm³/mol. The molecule has 13 nitrogen and oxygen atoms in total. The summed E-state index contributed by atoms with van der Waals surface area (Å²) in [6.45, 7) is -0.213. The lowest BCUT2D eigenvalue weighted by Gasteiger charge is -2.16. The summed E-state index contributed by atoms with van der Waals surface area (Å²) in [7, 11) is -8.64. The number of aromatic amines is 1. The fraction of sp³-hybridized carbons (Fsp3) is 0.125. The Hall–Kier alpha value is -3.40. The molecule has 0 fully saturated rings. The average Bonchev–Trinajstić information content (AvgIpc) is 3.34. The van der Waals surface area contributed by atoms with E-state index < -0.39 is 35.4 Å². The van der Waals surface area contributed by atoms with Gasteiger partial charge in [-0.3, -0.25) is 0 Å². The highest BCUT2D eigenvalue weighted by molar-refractivity contribution is 7.93. The van der Waals surface area contributed by atoms with E-state index in [9.17, 15) is 16.8 Å². The van der Waals surface area contributed by atoms with Gasteiger partial charge in [0.1, 0.15) is 10.4 Å². The highest BCUT2D eigenvalue weighted by Gasteiger charge is 2.31. The summed E-state index contributed by atoms with van der Waals surface area (Å²) in [5, 5.41) is 18.8. The van der Waals surface area contributed by atoms with Gasteiger partial charge in [0, 0.05) is 6.54 Å². The van der Waals surface area contributed by atoms with Gasteiger partial charge in [-0.2, -0.15) is 10.2 Å². The third kappa shape index (κ3) is 3.74. The van der Waals surface area contributed by atoms with Crippen LogP contribution in [0.1, 0.15) is 0 Å². The van der Waals surface area contributed by atoms with Crippen LogP contribution in [0.15, 0.2) is 44.5 Å². The second-order valence-corrected chi connectivity index (χ2v) is 10.0. The maximum atomic E-state index is 12.7. The topological polar surface area (TPSA) is 227 Å². The second-order valence-electron chi connectivity index (χ2n) is 6.44. The van der Waals surface area contributed by atoms with Crippen molar-refractivity contribution in [1.82, 2.24) is 25.6 Å². The zero-order chi connectivity index (χ0) is 22.4. The van der Waals surface area contributed by atoms with Crippen molar-refractivity contribution in [3.63, 3.8) is 0 Å². The second kappa shape index (κ2) is 7.38. The van der Waals surface area contributed by atoms with Crippen molar-refractivity contribution >= 4 is 37.0 Å². The SMILES string of the molecule is NCCS(=O)(=O)c1ccc(-c2ccc3nc(N)oc3c2)c(-c2nn[nH]n2)c1S(N)(=O)=O. The molecule has 0 aliphatic rings. The molecule has 2 aromatic heterocycles. The molecule has 2 aromatic carbocycles. The van der Waals surface area contributed by atoms with E-state index in [4.69, 9.17) is 21.0 Å². The Kier molecular flexibility index (Phi) is 4.97. The van der Waals surface area contributed by atoms with Crippen molar-refractivity contribution in [3.8, 4) is 22.5 Å². The van der Waals surface area contributed by atoms with E-state index in [0.29, 0.717) is 16.7 Å². The summed E-state index contributed by atoms with van der Waals surface area (Å²) in [4.78, 5) is 2.85. The molecule has 162 valence electrons. The number of sulfone groups is 1. The third-order valence-electron chi connectivity index (χ3n) is 4.41. The van der Waals surface area contributed by atoms with Crippen LogP contribution in [0, 0.1) is 0 Å². The van der Waals surface area contributed by atoms with Crippen LogP contribution in [0.25, 0.3) is 33.6 Å². The van der Waals surface area contributed by atoms with E-state index in [-0.39, 0.29) is 29.5 Å². The summed E-state index contributed by atoms with van der Waals surface area (Å²) in [6, 6.07) is 7.34. The Labute approximate surface area is 175 Å². The number of fused-ring (bicyclic) bond motifs is 1. The van der Waals surface area contributed by atoms with Crippen molar-refractivity contribution in [2.75, 3.05) is 18.0 Å². The van der Waals surface area contributed by atoms with E-state index in [1.165, 1.54) is 6.07 Å². The maximum Gasteiger partial charge on any atom is 0.292 e. The molecule has 15 heteroatoms. The van der Waals surface area contributed by atoms with Gasteiger partial charge in [0.05, 0.1) is 16.2 Å². The standard InChI is InChI=1S/C16H16N8O5S2/c17-5-6-30(25,26)12-4-2-9(8-1-3-10-11(7-8)29-16(18)20-10)13(14(12)31(19,27)28)15-21-23-24-22-15/h1-4,7H,5-6,17H2,(H2,18,20)(H2,19,27,28)(H,21,22,23,24). The molecule has 0 saturated heterocycles. The van der Waals surface area contributed by atoms with E-state index in [2.05, 4.69) is 25.6 Å². The number of hydrogen-bond donors (Lipinski definition) is 4. The van der Waals surface area contributed by atoms with Crippen LogP contribution in [0.2, 0.25) is 0 Å². The summed E-state index contributed by atoms with van der Waals surface area (Å²) in [6.07, 6.45) is 0. The first-order valence-electron chi connectivity index (χ1n) is 8.64. The Morgan fingerprint density at radius 1 is 1.10 bits per heavy atom. The lowest BCUT2D eigenvalue weighted by atomic mass is 9.99. The molecule has 0 saturated carbocycles. The third-order valence-corrected chi connectivity index (χ3v) is 7.32. The molecule has 0 radical (unpaired) electrons. The molecule has 0 unspecified atom stereocenters. The quantitative estimate of drug-likeness (QED) is 0.288. The molecule has 0 atom stereocenters. The number of nitrogens with two attached hydrogens (primary N) is 3. The number of nitrogens with one attached hydrogen (secondary N) is 1. The Morgan fingerprint density at radius 2 is 1.87 bits per heavy atom. The van der Waals surface area contributed by atoms with Crippen LogP contribution < -0.4 is 16.6 Å². The number of hydrogen-bond acceptors (Lipinski definition) is 11.